The normalized spacial score (nSPS) is 10.7. The number of aryl methyl sites for hydroxylation is 1. The average Bonchev–Trinajstić information content (AvgIpc) is 2.98. The number of ether oxygens (including phenoxy) is 1. The van der Waals surface area contributed by atoms with E-state index in [1.54, 1.807) is 0 Å². The molecule has 146 valence electrons. The fraction of sp³-hybridized carbons (Fsp3) is 0.304. The summed E-state index contributed by atoms with van der Waals surface area (Å²) in [5, 5.41) is 7.61. The molecule has 0 spiro atoms. The lowest BCUT2D eigenvalue weighted by atomic mass is 10.1. The summed E-state index contributed by atoms with van der Waals surface area (Å²) in [5.74, 6) is 0.628. The van der Waals surface area contributed by atoms with Gasteiger partial charge >= 0.3 is 0 Å². The number of unbranched alkanes of at least 4 members (excludes halogenated alkanes) is 1. The Labute approximate surface area is 166 Å². The number of aromatic nitrogens is 2. The van der Waals surface area contributed by atoms with E-state index in [9.17, 15) is 4.79 Å². The maximum Gasteiger partial charge on any atom is 0.229 e. The van der Waals surface area contributed by atoms with Crippen molar-refractivity contribution >= 4 is 11.6 Å². The molecule has 0 aliphatic rings. The molecule has 0 fully saturated rings. The van der Waals surface area contributed by atoms with Crippen molar-refractivity contribution in [2.24, 2.45) is 0 Å². The second kappa shape index (κ2) is 9.22. The van der Waals surface area contributed by atoms with E-state index < -0.39 is 0 Å². The summed E-state index contributed by atoms with van der Waals surface area (Å²) in [6, 6.07) is 17.5. The number of hydrogen-bond acceptors (Lipinski definition) is 3. The van der Waals surface area contributed by atoms with Crippen LogP contribution < -0.4 is 10.1 Å². The first-order valence-corrected chi connectivity index (χ1v) is 9.72. The van der Waals surface area contributed by atoms with Crippen molar-refractivity contribution in [1.82, 2.24) is 9.78 Å². The molecule has 0 saturated carbocycles. The third-order valence-electron chi connectivity index (χ3n) is 4.70. The van der Waals surface area contributed by atoms with E-state index in [0.717, 1.165) is 35.5 Å². The molecule has 0 aliphatic heterocycles. The quantitative estimate of drug-likeness (QED) is 0.571. The van der Waals surface area contributed by atoms with Crippen molar-refractivity contribution in [1.29, 1.82) is 0 Å². The predicted molar refractivity (Wildman–Crippen MR) is 112 cm³/mol. The highest BCUT2D eigenvalue weighted by Crippen LogP contribution is 2.25. The number of rotatable bonds is 8. The van der Waals surface area contributed by atoms with Gasteiger partial charge in [0.25, 0.3) is 0 Å². The molecular formula is C23H27N3O2. The second-order valence-electron chi connectivity index (χ2n) is 6.82. The Morgan fingerprint density at radius 2 is 1.79 bits per heavy atom. The Kier molecular flexibility index (Phi) is 6.48. The summed E-state index contributed by atoms with van der Waals surface area (Å²) >= 11 is 0. The van der Waals surface area contributed by atoms with Crippen LogP contribution in [0.15, 0.2) is 54.6 Å². The van der Waals surface area contributed by atoms with Gasteiger partial charge in [-0.15, -0.1) is 0 Å². The lowest BCUT2D eigenvalue weighted by Gasteiger charge is -2.12. The number of carbonyl (C=O) groups is 1. The van der Waals surface area contributed by atoms with Crippen LogP contribution in [0.25, 0.3) is 5.69 Å². The topological polar surface area (TPSA) is 56.1 Å². The van der Waals surface area contributed by atoms with E-state index in [1.807, 2.05) is 73.1 Å². The minimum atomic E-state index is -0.0784. The molecular weight excluding hydrogens is 350 g/mol. The largest absolute Gasteiger partial charge is 0.491 e. The zero-order valence-electron chi connectivity index (χ0n) is 16.7. The Balaban J connectivity index is 1.74. The number of benzene rings is 2. The fourth-order valence-electron chi connectivity index (χ4n) is 3.13. The Bertz CT molecular complexity index is 932. The van der Waals surface area contributed by atoms with Crippen LogP contribution >= 0.6 is 0 Å². The van der Waals surface area contributed by atoms with Crippen LogP contribution in [0.1, 0.15) is 36.7 Å². The first kappa shape index (κ1) is 19.7. The maximum absolute atomic E-state index is 12.7. The second-order valence-corrected chi connectivity index (χ2v) is 6.82. The molecule has 1 heterocycles. The molecule has 0 saturated heterocycles. The van der Waals surface area contributed by atoms with E-state index in [0.29, 0.717) is 18.0 Å². The Morgan fingerprint density at radius 3 is 2.54 bits per heavy atom. The van der Waals surface area contributed by atoms with E-state index in [1.165, 1.54) is 0 Å². The number of nitrogens with zero attached hydrogens (tertiary/aromatic N) is 2. The summed E-state index contributed by atoms with van der Waals surface area (Å²) in [6.07, 6.45) is 2.33. The van der Waals surface area contributed by atoms with Crippen LogP contribution in [-0.2, 0) is 11.2 Å². The number of amides is 1. The number of anilines is 1. The van der Waals surface area contributed by atoms with Gasteiger partial charge in [0.15, 0.2) is 0 Å². The van der Waals surface area contributed by atoms with Gasteiger partial charge in [-0.3, -0.25) is 4.79 Å². The molecule has 3 aromatic rings. The minimum Gasteiger partial charge on any atom is -0.491 e. The number of carbonyl (C=O) groups excluding carboxylic acids is 1. The molecule has 0 atom stereocenters. The summed E-state index contributed by atoms with van der Waals surface area (Å²) < 4.78 is 7.70. The number of nitrogens with one attached hydrogen (secondary N) is 1. The van der Waals surface area contributed by atoms with Crippen molar-refractivity contribution in [3.8, 4) is 11.4 Å². The van der Waals surface area contributed by atoms with Crippen molar-refractivity contribution in [3.05, 3.63) is 71.5 Å². The van der Waals surface area contributed by atoms with Gasteiger partial charge in [0, 0.05) is 11.3 Å². The van der Waals surface area contributed by atoms with Crippen LogP contribution in [0.4, 0.5) is 5.69 Å². The van der Waals surface area contributed by atoms with Crippen molar-refractivity contribution < 1.29 is 9.53 Å². The van der Waals surface area contributed by atoms with E-state index in [-0.39, 0.29) is 12.3 Å². The Hall–Kier alpha value is -3.08. The molecule has 1 N–H and O–H groups in total. The van der Waals surface area contributed by atoms with Gasteiger partial charge in [0.1, 0.15) is 5.75 Å². The molecule has 28 heavy (non-hydrogen) atoms. The highest BCUT2D eigenvalue weighted by atomic mass is 16.5. The van der Waals surface area contributed by atoms with Crippen LogP contribution in [-0.4, -0.2) is 22.3 Å². The smallest absolute Gasteiger partial charge is 0.229 e. The summed E-state index contributed by atoms with van der Waals surface area (Å²) in [4.78, 5) is 12.7. The molecule has 0 radical (unpaired) electrons. The zero-order chi connectivity index (χ0) is 19.9. The monoisotopic (exact) mass is 377 g/mol. The molecule has 5 nitrogen and oxygen atoms in total. The summed E-state index contributed by atoms with van der Waals surface area (Å²) in [5.41, 5.74) is 4.49. The fourth-order valence-corrected chi connectivity index (χ4v) is 3.13. The van der Waals surface area contributed by atoms with Crippen molar-refractivity contribution in [2.45, 2.75) is 40.0 Å². The predicted octanol–water partition coefficient (Wildman–Crippen LogP) is 4.85. The third-order valence-corrected chi connectivity index (χ3v) is 4.70. The highest BCUT2D eigenvalue weighted by molar-refractivity contribution is 5.93. The number of para-hydroxylation sites is 3. The standard InChI is InChI=1S/C23H27N3O2/c1-4-5-15-28-22-14-10-9-13-21(22)24-23(27)16-20-17(2)25-26(18(20)3)19-11-7-6-8-12-19/h6-14H,4-5,15-16H2,1-3H3,(H,24,27). The summed E-state index contributed by atoms with van der Waals surface area (Å²) in [7, 11) is 0. The highest BCUT2D eigenvalue weighted by Gasteiger charge is 2.17. The van der Waals surface area contributed by atoms with Gasteiger partial charge in [0.2, 0.25) is 5.91 Å². The molecule has 2 aromatic carbocycles. The first-order valence-electron chi connectivity index (χ1n) is 9.72. The van der Waals surface area contributed by atoms with Crippen LogP contribution in [0.3, 0.4) is 0 Å². The molecule has 3 rings (SSSR count). The van der Waals surface area contributed by atoms with Crippen molar-refractivity contribution in [3.63, 3.8) is 0 Å². The Morgan fingerprint density at radius 1 is 1.07 bits per heavy atom. The number of hydrogen-bond donors (Lipinski definition) is 1. The lowest BCUT2D eigenvalue weighted by molar-refractivity contribution is -0.115. The molecule has 1 aromatic heterocycles. The van der Waals surface area contributed by atoms with Crippen LogP contribution in [0, 0.1) is 13.8 Å². The molecule has 0 unspecified atom stereocenters. The van der Waals surface area contributed by atoms with Gasteiger partial charge in [-0.2, -0.15) is 5.10 Å². The first-order chi connectivity index (χ1) is 13.6. The molecule has 0 bridgehead atoms. The van der Waals surface area contributed by atoms with Gasteiger partial charge < -0.3 is 10.1 Å². The molecule has 5 heteroatoms. The van der Waals surface area contributed by atoms with E-state index in [2.05, 4.69) is 17.3 Å². The minimum absolute atomic E-state index is 0.0784. The van der Waals surface area contributed by atoms with Gasteiger partial charge in [-0.25, -0.2) is 4.68 Å². The van der Waals surface area contributed by atoms with Gasteiger partial charge in [0.05, 0.1) is 30.1 Å². The average molecular weight is 377 g/mol. The SMILES string of the molecule is CCCCOc1ccccc1NC(=O)Cc1c(C)nn(-c2ccccc2)c1C. The summed E-state index contributed by atoms with van der Waals surface area (Å²) in [6.45, 7) is 6.71. The van der Waals surface area contributed by atoms with Gasteiger partial charge in [-0.05, 0) is 44.5 Å². The van der Waals surface area contributed by atoms with Gasteiger partial charge in [-0.1, -0.05) is 43.7 Å². The molecule has 0 aliphatic carbocycles. The van der Waals surface area contributed by atoms with Crippen LogP contribution in [0.2, 0.25) is 0 Å². The lowest BCUT2D eigenvalue weighted by Crippen LogP contribution is -2.16. The van der Waals surface area contributed by atoms with E-state index >= 15 is 0 Å². The van der Waals surface area contributed by atoms with Crippen LogP contribution in [0.5, 0.6) is 5.75 Å². The molecule has 1 amide bonds. The van der Waals surface area contributed by atoms with Crippen molar-refractivity contribution in [2.75, 3.05) is 11.9 Å². The zero-order valence-corrected chi connectivity index (χ0v) is 16.7. The van der Waals surface area contributed by atoms with E-state index in [4.69, 9.17) is 4.74 Å². The maximum atomic E-state index is 12.7. The third kappa shape index (κ3) is 4.60.